The summed E-state index contributed by atoms with van der Waals surface area (Å²) in [5, 5.41) is 0. The number of nitrogens with one attached hydrogen (secondary N) is 1. The molecule has 122 valence electrons. The van der Waals surface area contributed by atoms with Gasteiger partial charge in [-0.25, -0.2) is 8.42 Å². The SMILES string of the molecule is Nc1ccc(N2CCOCC2)c(NS(=O)(=O)c2ccccc2)c1. The van der Waals surface area contributed by atoms with Crippen LogP contribution in [0.3, 0.4) is 0 Å². The zero-order valence-electron chi connectivity index (χ0n) is 12.6. The predicted molar refractivity (Wildman–Crippen MR) is 91.1 cm³/mol. The molecule has 0 atom stereocenters. The van der Waals surface area contributed by atoms with Gasteiger partial charge in [0.15, 0.2) is 0 Å². The minimum Gasteiger partial charge on any atom is -0.399 e. The van der Waals surface area contributed by atoms with Gasteiger partial charge >= 0.3 is 0 Å². The van der Waals surface area contributed by atoms with Gasteiger partial charge in [0.2, 0.25) is 0 Å². The van der Waals surface area contributed by atoms with Gasteiger partial charge in [-0.1, -0.05) is 18.2 Å². The van der Waals surface area contributed by atoms with Gasteiger partial charge in [-0.15, -0.1) is 0 Å². The minimum absolute atomic E-state index is 0.218. The van der Waals surface area contributed by atoms with Gasteiger partial charge in [0, 0.05) is 18.8 Å². The fourth-order valence-corrected chi connectivity index (χ4v) is 3.61. The van der Waals surface area contributed by atoms with Gasteiger partial charge in [0.25, 0.3) is 10.0 Å². The first-order valence-electron chi connectivity index (χ1n) is 7.36. The maximum Gasteiger partial charge on any atom is 0.261 e. The van der Waals surface area contributed by atoms with Crippen molar-refractivity contribution in [2.45, 2.75) is 4.90 Å². The van der Waals surface area contributed by atoms with Crippen molar-refractivity contribution in [3.63, 3.8) is 0 Å². The van der Waals surface area contributed by atoms with Gasteiger partial charge in [-0.05, 0) is 30.3 Å². The van der Waals surface area contributed by atoms with Crippen LogP contribution in [0.15, 0.2) is 53.4 Å². The monoisotopic (exact) mass is 333 g/mol. The van der Waals surface area contributed by atoms with E-state index in [1.807, 2.05) is 6.07 Å². The highest BCUT2D eigenvalue weighted by atomic mass is 32.2. The number of hydrogen-bond donors (Lipinski definition) is 2. The molecule has 1 saturated heterocycles. The van der Waals surface area contributed by atoms with Crippen molar-refractivity contribution >= 4 is 27.1 Å². The largest absolute Gasteiger partial charge is 0.399 e. The summed E-state index contributed by atoms with van der Waals surface area (Å²) >= 11 is 0. The van der Waals surface area contributed by atoms with Crippen LogP contribution >= 0.6 is 0 Å². The van der Waals surface area contributed by atoms with E-state index in [1.165, 1.54) is 0 Å². The molecule has 0 saturated carbocycles. The summed E-state index contributed by atoms with van der Waals surface area (Å²) in [4.78, 5) is 2.31. The molecule has 3 N–H and O–H groups in total. The van der Waals surface area contributed by atoms with Crippen molar-refractivity contribution in [3.8, 4) is 0 Å². The number of nitrogen functional groups attached to an aromatic ring is 1. The van der Waals surface area contributed by atoms with E-state index >= 15 is 0 Å². The Morgan fingerprint density at radius 1 is 1.04 bits per heavy atom. The number of hydrogen-bond acceptors (Lipinski definition) is 5. The van der Waals surface area contributed by atoms with E-state index in [0.717, 1.165) is 5.69 Å². The summed E-state index contributed by atoms with van der Waals surface area (Å²) in [7, 11) is -3.65. The first-order chi connectivity index (χ1) is 11.1. The molecule has 0 amide bonds. The van der Waals surface area contributed by atoms with Crippen LogP contribution in [0.2, 0.25) is 0 Å². The van der Waals surface area contributed by atoms with E-state index in [4.69, 9.17) is 10.5 Å². The Hall–Kier alpha value is -2.25. The van der Waals surface area contributed by atoms with Gasteiger partial charge in [0.1, 0.15) is 0 Å². The lowest BCUT2D eigenvalue weighted by Gasteiger charge is -2.30. The molecule has 0 radical (unpaired) electrons. The van der Waals surface area contributed by atoms with Crippen LogP contribution in [-0.2, 0) is 14.8 Å². The van der Waals surface area contributed by atoms with Crippen molar-refractivity contribution in [1.82, 2.24) is 0 Å². The molecule has 1 aliphatic heterocycles. The van der Waals surface area contributed by atoms with Crippen LogP contribution in [0.1, 0.15) is 0 Å². The third-order valence-electron chi connectivity index (χ3n) is 3.67. The van der Waals surface area contributed by atoms with Gasteiger partial charge < -0.3 is 15.4 Å². The van der Waals surface area contributed by atoms with Crippen LogP contribution in [0.5, 0.6) is 0 Å². The molecule has 3 rings (SSSR count). The fraction of sp³-hybridized carbons (Fsp3) is 0.250. The van der Waals surface area contributed by atoms with Crippen LogP contribution in [-0.4, -0.2) is 34.7 Å². The summed E-state index contributed by atoms with van der Waals surface area (Å²) < 4.78 is 33.1. The number of anilines is 3. The van der Waals surface area contributed by atoms with Crippen molar-refractivity contribution in [2.24, 2.45) is 0 Å². The Morgan fingerprint density at radius 2 is 1.74 bits per heavy atom. The molecule has 0 aromatic heterocycles. The summed E-state index contributed by atoms with van der Waals surface area (Å²) in [5.41, 5.74) is 7.63. The highest BCUT2D eigenvalue weighted by Crippen LogP contribution is 2.30. The van der Waals surface area contributed by atoms with Gasteiger partial charge in [-0.2, -0.15) is 0 Å². The molecule has 1 heterocycles. The number of nitrogens with zero attached hydrogens (tertiary/aromatic N) is 1. The summed E-state index contributed by atoms with van der Waals surface area (Å²) in [6.45, 7) is 2.67. The fourth-order valence-electron chi connectivity index (χ4n) is 2.52. The Morgan fingerprint density at radius 3 is 2.43 bits per heavy atom. The third kappa shape index (κ3) is 3.57. The molecule has 1 fully saturated rings. The summed E-state index contributed by atoms with van der Waals surface area (Å²) in [6.07, 6.45) is 0. The quantitative estimate of drug-likeness (QED) is 0.835. The molecule has 0 spiro atoms. The lowest BCUT2D eigenvalue weighted by molar-refractivity contribution is 0.123. The molecule has 6 nitrogen and oxygen atoms in total. The van der Waals surface area contributed by atoms with Crippen LogP contribution in [0, 0.1) is 0 Å². The molecule has 7 heteroatoms. The summed E-state index contributed by atoms with van der Waals surface area (Å²) in [5.74, 6) is 0. The maximum atomic E-state index is 12.6. The smallest absolute Gasteiger partial charge is 0.261 e. The molecule has 0 unspecified atom stereocenters. The van der Waals surface area contributed by atoms with E-state index in [1.54, 1.807) is 42.5 Å². The van der Waals surface area contributed by atoms with E-state index in [2.05, 4.69) is 9.62 Å². The number of sulfonamides is 1. The van der Waals surface area contributed by atoms with E-state index < -0.39 is 10.0 Å². The van der Waals surface area contributed by atoms with Crippen molar-refractivity contribution < 1.29 is 13.2 Å². The second-order valence-electron chi connectivity index (χ2n) is 5.29. The van der Waals surface area contributed by atoms with Crippen molar-refractivity contribution in [2.75, 3.05) is 41.7 Å². The van der Waals surface area contributed by atoms with E-state index in [-0.39, 0.29) is 4.90 Å². The van der Waals surface area contributed by atoms with Crippen molar-refractivity contribution in [1.29, 1.82) is 0 Å². The van der Waals surface area contributed by atoms with Crippen LogP contribution < -0.4 is 15.4 Å². The lowest BCUT2D eigenvalue weighted by Crippen LogP contribution is -2.36. The molecule has 2 aromatic rings. The Labute approximate surface area is 135 Å². The zero-order valence-corrected chi connectivity index (χ0v) is 13.4. The average Bonchev–Trinajstić information content (AvgIpc) is 2.56. The molecular weight excluding hydrogens is 314 g/mol. The normalized spacial score (nSPS) is 15.4. The molecular formula is C16H19N3O3S. The molecule has 23 heavy (non-hydrogen) atoms. The topological polar surface area (TPSA) is 84.7 Å². The number of morpholine rings is 1. The Bertz CT molecular complexity index is 772. The minimum atomic E-state index is -3.65. The van der Waals surface area contributed by atoms with Gasteiger partial charge in [0.05, 0.1) is 29.5 Å². The standard InChI is InChI=1S/C16H19N3O3S/c17-13-6-7-16(19-8-10-22-11-9-19)15(12-13)18-23(20,21)14-4-2-1-3-5-14/h1-7,12,18H,8-11,17H2. The first-order valence-corrected chi connectivity index (χ1v) is 8.85. The highest BCUT2D eigenvalue weighted by Gasteiger charge is 2.20. The first kappa shape index (κ1) is 15.6. The highest BCUT2D eigenvalue weighted by molar-refractivity contribution is 7.92. The van der Waals surface area contributed by atoms with Crippen LogP contribution in [0.25, 0.3) is 0 Å². The van der Waals surface area contributed by atoms with E-state index in [0.29, 0.717) is 37.7 Å². The van der Waals surface area contributed by atoms with Gasteiger partial charge in [-0.3, -0.25) is 4.72 Å². The zero-order chi connectivity index (χ0) is 16.3. The van der Waals surface area contributed by atoms with E-state index in [9.17, 15) is 8.42 Å². The average molecular weight is 333 g/mol. The van der Waals surface area contributed by atoms with Crippen LogP contribution in [0.4, 0.5) is 17.1 Å². The predicted octanol–water partition coefficient (Wildman–Crippen LogP) is 1.91. The number of benzene rings is 2. The number of ether oxygens (including phenoxy) is 1. The number of nitrogens with two attached hydrogens (primary N) is 1. The Kier molecular flexibility index (Phi) is 4.40. The summed E-state index contributed by atoms with van der Waals surface area (Å²) in [6, 6.07) is 13.5. The molecule has 1 aliphatic rings. The molecule has 2 aromatic carbocycles. The Balaban J connectivity index is 1.94. The number of rotatable bonds is 4. The third-order valence-corrected chi connectivity index (χ3v) is 5.05. The maximum absolute atomic E-state index is 12.6. The lowest BCUT2D eigenvalue weighted by atomic mass is 10.2. The second-order valence-corrected chi connectivity index (χ2v) is 6.98. The second kappa shape index (κ2) is 6.47. The molecule has 0 aliphatic carbocycles. The van der Waals surface area contributed by atoms with Crippen molar-refractivity contribution in [3.05, 3.63) is 48.5 Å². The molecule has 0 bridgehead atoms.